The van der Waals surface area contributed by atoms with Crippen molar-refractivity contribution in [3.05, 3.63) is 28.8 Å². The van der Waals surface area contributed by atoms with E-state index < -0.39 is 46.4 Å². The van der Waals surface area contributed by atoms with Crippen molar-refractivity contribution in [1.82, 2.24) is 0 Å². The Balaban J connectivity index is 2.83. The average molecular weight is 283 g/mol. The van der Waals surface area contributed by atoms with Crippen molar-refractivity contribution in [2.75, 3.05) is 5.32 Å². The first-order valence-electron chi connectivity index (χ1n) is 4.70. The van der Waals surface area contributed by atoms with Crippen LogP contribution < -0.4 is 5.32 Å². The Labute approximate surface area is 101 Å². The minimum absolute atomic E-state index is 0.181. The minimum atomic E-state index is -5.40. The van der Waals surface area contributed by atoms with Crippen LogP contribution in [0.2, 0.25) is 0 Å². The molecule has 1 heterocycles. The Morgan fingerprint density at radius 3 is 1.95 bits per heavy atom. The van der Waals surface area contributed by atoms with E-state index in [0.717, 1.165) is 0 Å². The molecule has 0 saturated heterocycles. The molecule has 0 aliphatic carbocycles. The normalized spacial score (nSPS) is 15.5. The molecule has 0 saturated carbocycles. The van der Waals surface area contributed by atoms with E-state index in [1.54, 1.807) is 5.32 Å². The summed E-state index contributed by atoms with van der Waals surface area (Å²) >= 11 is 0. The zero-order chi connectivity index (χ0) is 14.6. The summed E-state index contributed by atoms with van der Waals surface area (Å²) in [5.74, 6) is -3.02. The van der Waals surface area contributed by atoms with E-state index in [2.05, 4.69) is 0 Å². The summed E-state index contributed by atoms with van der Waals surface area (Å²) in [4.78, 5) is 22.2. The van der Waals surface area contributed by atoms with Crippen LogP contribution in [0.5, 0.6) is 0 Å². The van der Waals surface area contributed by atoms with Crippen LogP contribution in [-0.4, -0.2) is 11.7 Å². The molecule has 0 unspecified atom stereocenters. The SMILES string of the molecule is O=C1Nc2ccc(C(F)(F)F)c(C(F)(F)F)c2C1=O. The molecule has 0 atom stereocenters. The molecule has 0 bridgehead atoms. The highest BCUT2D eigenvalue weighted by Crippen LogP contribution is 2.45. The monoisotopic (exact) mass is 283 g/mol. The van der Waals surface area contributed by atoms with Crippen LogP contribution in [0.1, 0.15) is 21.5 Å². The Kier molecular flexibility index (Phi) is 2.62. The van der Waals surface area contributed by atoms with E-state index in [1.807, 2.05) is 0 Å². The maximum absolute atomic E-state index is 12.7. The second-order valence-electron chi connectivity index (χ2n) is 3.69. The van der Waals surface area contributed by atoms with Gasteiger partial charge in [0.1, 0.15) is 0 Å². The van der Waals surface area contributed by atoms with Crippen LogP contribution in [-0.2, 0) is 17.1 Å². The first-order chi connectivity index (χ1) is 8.53. The smallest absolute Gasteiger partial charge is 0.318 e. The third-order valence-electron chi connectivity index (χ3n) is 2.48. The zero-order valence-electron chi connectivity index (χ0n) is 8.74. The number of hydrogen-bond donors (Lipinski definition) is 1. The molecule has 0 radical (unpaired) electrons. The molecule has 1 N–H and O–H groups in total. The summed E-state index contributed by atoms with van der Waals surface area (Å²) in [5, 5.41) is 1.78. The number of benzene rings is 1. The van der Waals surface area contributed by atoms with Gasteiger partial charge in [-0.1, -0.05) is 0 Å². The number of nitrogens with one attached hydrogen (secondary N) is 1. The lowest BCUT2D eigenvalue weighted by Gasteiger charge is -2.17. The fraction of sp³-hybridized carbons (Fsp3) is 0.200. The van der Waals surface area contributed by atoms with E-state index in [4.69, 9.17) is 0 Å². The van der Waals surface area contributed by atoms with Crippen LogP contribution in [0, 0.1) is 0 Å². The molecule has 0 spiro atoms. The molecular formula is C10H3F6NO2. The van der Waals surface area contributed by atoms with Crippen molar-refractivity contribution in [2.45, 2.75) is 12.4 Å². The van der Waals surface area contributed by atoms with Crippen LogP contribution in [0.15, 0.2) is 12.1 Å². The molecule has 102 valence electrons. The number of anilines is 1. The number of fused-ring (bicyclic) bond motifs is 1. The van der Waals surface area contributed by atoms with Gasteiger partial charge in [-0.15, -0.1) is 0 Å². The second kappa shape index (κ2) is 3.72. The predicted octanol–water partition coefficient (Wildman–Crippen LogP) is 2.86. The van der Waals surface area contributed by atoms with E-state index in [1.165, 1.54) is 0 Å². The van der Waals surface area contributed by atoms with Gasteiger partial charge in [-0.25, -0.2) is 0 Å². The lowest BCUT2D eigenvalue weighted by Crippen LogP contribution is -2.21. The maximum atomic E-state index is 12.7. The number of ketones is 1. The van der Waals surface area contributed by atoms with Crippen molar-refractivity contribution in [3.8, 4) is 0 Å². The van der Waals surface area contributed by atoms with Gasteiger partial charge < -0.3 is 5.32 Å². The number of carbonyl (C=O) groups excluding carboxylic acids is 2. The summed E-state index contributed by atoms with van der Waals surface area (Å²) in [6, 6.07) is 0.802. The third-order valence-corrected chi connectivity index (χ3v) is 2.48. The van der Waals surface area contributed by atoms with Crippen molar-refractivity contribution in [3.63, 3.8) is 0 Å². The maximum Gasteiger partial charge on any atom is 0.417 e. The summed E-state index contributed by atoms with van der Waals surface area (Å²) in [7, 11) is 0. The molecule has 19 heavy (non-hydrogen) atoms. The van der Waals surface area contributed by atoms with E-state index in [0.29, 0.717) is 6.07 Å². The molecule has 2 rings (SSSR count). The van der Waals surface area contributed by atoms with Crippen molar-refractivity contribution < 1.29 is 35.9 Å². The molecule has 9 heteroatoms. The number of halogens is 6. The fourth-order valence-electron chi connectivity index (χ4n) is 1.77. The van der Waals surface area contributed by atoms with Crippen LogP contribution in [0.25, 0.3) is 0 Å². The number of Topliss-reactive ketones (excluding diaryl/α,β-unsaturated/α-hetero) is 1. The summed E-state index contributed by atoms with van der Waals surface area (Å²) < 4.78 is 75.9. The Morgan fingerprint density at radius 1 is 0.895 bits per heavy atom. The molecule has 1 amide bonds. The Hall–Kier alpha value is -2.06. The summed E-state index contributed by atoms with van der Waals surface area (Å²) in [5.41, 5.74) is -5.99. The fourth-order valence-corrected chi connectivity index (χ4v) is 1.77. The average Bonchev–Trinajstić information content (AvgIpc) is 2.51. The predicted molar refractivity (Wildman–Crippen MR) is 49.4 cm³/mol. The highest BCUT2D eigenvalue weighted by Gasteiger charge is 2.49. The van der Waals surface area contributed by atoms with Crippen molar-refractivity contribution in [1.29, 1.82) is 0 Å². The number of hydrogen-bond acceptors (Lipinski definition) is 2. The van der Waals surface area contributed by atoms with E-state index in [-0.39, 0.29) is 6.07 Å². The number of amides is 1. The van der Waals surface area contributed by atoms with Gasteiger partial charge in [-0.3, -0.25) is 9.59 Å². The van der Waals surface area contributed by atoms with Gasteiger partial charge >= 0.3 is 12.4 Å². The lowest BCUT2D eigenvalue weighted by atomic mass is 9.97. The second-order valence-corrected chi connectivity index (χ2v) is 3.69. The highest BCUT2D eigenvalue weighted by atomic mass is 19.4. The molecule has 1 aromatic rings. The molecule has 3 nitrogen and oxygen atoms in total. The van der Waals surface area contributed by atoms with E-state index in [9.17, 15) is 35.9 Å². The summed E-state index contributed by atoms with van der Waals surface area (Å²) in [6.07, 6.45) is -10.7. The minimum Gasteiger partial charge on any atom is -0.318 e. The van der Waals surface area contributed by atoms with Gasteiger partial charge in [0.15, 0.2) is 0 Å². The van der Waals surface area contributed by atoms with Crippen LogP contribution >= 0.6 is 0 Å². The molecule has 0 aromatic heterocycles. The largest absolute Gasteiger partial charge is 0.417 e. The van der Waals surface area contributed by atoms with Crippen LogP contribution in [0.3, 0.4) is 0 Å². The Morgan fingerprint density at radius 2 is 1.47 bits per heavy atom. The summed E-state index contributed by atoms with van der Waals surface area (Å²) in [6.45, 7) is 0. The van der Waals surface area contributed by atoms with Crippen molar-refractivity contribution >= 4 is 17.4 Å². The van der Waals surface area contributed by atoms with Gasteiger partial charge in [0.2, 0.25) is 0 Å². The molecular weight excluding hydrogens is 280 g/mol. The quantitative estimate of drug-likeness (QED) is 0.588. The van der Waals surface area contributed by atoms with Gasteiger partial charge in [-0.05, 0) is 12.1 Å². The van der Waals surface area contributed by atoms with Gasteiger partial charge in [0.25, 0.3) is 11.7 Å². The molecule has 1 aromatic carbocycles. The highest BCUT2D eigenvalue weighted by molar-refractivity contribution is 6.52. The number of carbonyl (C=O) groups is 2. The third kappa shape index (κ3) is 2.04. The van der Waals surface area contributed by atoms with Gasteiger partial charge in [0.05, 0.1) is 22.4 Å². The molecule has 1 aliphatic heterocycles. The Bertz CT molecular complexity index is 587. The van der Waals surface area contributed by atoms with Gasteiger partial charge in [0, 0.05) is 0 Å². The molecule has 0 fully saturated rings. The first-order valence-corrected chi connectivity index (χ1v) is 4.70. The van der Waals surface area contributed by atoms with Crippen LogP contribution in [0.4, 0.5) is 32.0 Å². The first kappa shape index (κ1) is 13.4. The number of rotatable bonds is 0. The van der Waals surface area contributed by atoms with E-state index >= 15 is 0 Å². The topological polar surface area (TPSA) is 46.2 Å². The van der Waals surface area contributed by atoms with Crippen molar-refractivity contribution in [2.24, 2.45) is 0 Å². The standard InChI is InChI=1S/C10H3F6NO2/c11-9(12,13)3-1-2-4-5(6(3)10(14,15)16)7(18)8(19)17-4/h1-2H,(H,17,18,19). The zero-order valence-corrected chi connectivity index (χ0v) is 8.74. The number of alkyl halides is 6. The lowest BCUT2D eigenvalue weighted by molar-refractivity contribution is -0.162. The molecule has 1 aliphatic rings. The van der Waals surface area contributed by atoms with Gasteiger partial charge in [-0.2, -0.15) is 26.3 Å².